The van der Waals surface area contributed by atoms with Crippen LogP contribution in [0.5, 0.6) is 0 Å². The summed E-state index contributed by atoms with van der Waals surface area (Å²) >= 11 is 0. The van der Waals surface area contributed by atoms with Crippen molar-refractivity contribution in [1.82, 2.24) is 10.2 Å². The molecule has 0 aromatic heterocycles. The third kappa shape index (κ3) is 3.44. The molecule has 100 valence electrons. The molecule has 0 bridgehead atoms. The van der Waals surface area contributed by atoms with Gasteiger partial charge in [0.05, 0.1) is 31.2 Å². The molecule has 0 aromatic rings. The van der Waals surface area contributed by atoms with Crippen LogP contribution in [-0.4, -0.2) is 49.2 Å². The fourth-order valence-electron chi connectivity index (χ4n) is 2.65. The molecule has 0 spiro atoms. The summed E-state index contributed by atoms with van der Waals surface area (Å²) in [5.41, 5.74) is 0. The van der Waals surface area contributed by atoms with E-state index >= 15 is 0 Å². The van der Waals surface area contributed by atoms with E-state index in [4.69, 9.17) is 10.00 Å². The number of carbonyl (C=O) groups is 1. The van der Waals surface area contributed by atoms with Gasteiger partial charge in [0.2, 0.25) is 5.91 Å². The lowest BCUT2D eigenvalue weighted by Gasteiger charge is -2.31. The van der Waals surface area contributed by atoms with Crippen molar-refractivity contribution in [3.05, 3.63) is 0 Å². The summed E-state index contributed by atoms with van der Waals surface area (Å²) in [6.45, 7) is 4.86. The lowest BCUT2D eigenvalue weighted by atomic mass is 10.0. The van der Waals surface area contributed by atoms with Crippen LogP contribution >= 0.6 is 0 Å². The highest BCUT2D eigenvalue weighted by atomic mass is 16.5. The van der Waals surface area contributed by atoms with Gasteiger partial charge in [-0.3, -0.25) is 9.69 Å². The molecule has 1 amide bonds. The van der Waals surface area contributed by atoms with Crippen LogP contribution in [0.25, 0.3) is 0 Å². The first kappa shape index (κ1) is 13.3. The summed E-state index contributed by atoms with van der Waals surface area (Å²) in [5, 5.41) is 11.7. The van der Waals surface area contributed by atoms with Crippen molar-refractivity contribution in [2.45, 2.75) is 38.3 Å². The van der Waals surface area contributed by atoms with E-state index in [1.165, 1.54) is 0 Å². The lowest BCUT2D eigenvalue weighted by molar-refractivity contribution is -0.126. The molecule has 2 saturated heterocycles. The zero-order valence-corrected chi connectivity index (χ0v) is 10.9. The van der Waals surface area contributed by atoms with E-state index in [2.05, 4.69) is 16.3 Å². The largest absolute Gasteiger partial charge is 0.378 e. The Morgan fingerprint density at radius 3 is 2.78 bits per heavy atom. The summed E-state index contributed by atoms with van der Waals surface area (Å²) in [6, 6.07) is 2.43. The van der Waals surface area contributed by atoms with Gasteiger partial charge in [0.15, 0.2) is 0 Å². The summed E-state index contributed by atoms with van der Waals surface area (Å²) in [7, 11) is 0. The number of rotatable bonds is 3. The van der Waals surface area contributed by atoms with Crippen LogP contribution < -0.4 is 5.32 Å². The Labute approximate surface area is 108 Å². The first-order chi connectivity index (χ1) is 8.69. The molecule has 2 atom stereocenters. The van der Waals surface area contributed by atoms with Crippen molar-refractivity contribution in [2.75, 3.05) is 26.2 Å². The maximum absolute atomic E-state index is 12.0. The third-order valence-corrected chi connectivity index (χ3v) is 3.80. The van der Waals surface area contributed by atoms with Gasteiger partial charge in [-0.05, 0) is 26.2 Å². The van der Waals surface area contributed by atoms with Gasteiger partial charge in [0.25, 0.3) is 0 Å². The Kier molecular flexibility index (Phi) is 4.56. The molecule has 1 N–H and O–H groups in total. The molecule has 5 heteroatoms. The molecule has 2 aliphatic heterocycles. The van der Waals surface area contributed by atoms with Gasteiger partial charge in [-0.1, -0.05) is 0 Å². The molecule has 2 heterocycles. The third-order valence-electron chi connectivity index (χ3n) is 3.80. The fraction of sp³-hybridized carbons (Fsp3) is 0.846. The zero-order valence-electron chi connectivity index (χ0n) is 10.9. The van der Waals surface area contributed by atoms with Crippen LogP contribution in [0, 0.1) is 17.2 Å². The average Bonchev–Trinajstić information content (AvgIpc) is 2.79. The van der Waals surface area contributed by atoms with E-state index in [1.807, 2.05) is 6.92 Å². The second kappa shape index (κ2) is 6.17. The molecular weight excluding hydrogens is 230 g/mol. The van der Waals surface area contributed by atoms with E-state index in [0.717, 1.165) is 32.4 Å². The Morgan fingerprint density at radius 1 is 1.50 bits per heavy atom. The van der Waals surface area contributed by atoms with Gasteiger partial charge in [0.1, 0.15) is 0 Å². The minimum atomic E-state index is 0.0251. The quantitative estimate of drug-likeness (QED) is 0.742. The summed E-state index contributed by atoms with van der Waals surface area (Å²) in [4.78, 5) is 14.1. The molecule has 0 aromatic carbocycles. The zero-order chi connectivity index (χ0) is 13.0. The molecule has 0 saturated carbocycles. The second-order valence-electron chi connectivity index (χ2n) is 5.29. The van der Waals surface area contributed by atoms with Crippen LogP contribution in [0.2, 0.25) is 0 Å². The Balaban J connectivity index is 1.71. The van der Waals surface area contributed by atoms with Crippen LogP contribution in [-0.2, 0) is 9.53 Å². The highest BCUT2D eigenvalue weighted by molar-refractivity contribution is 5.79. The Morgan fingerprint density at radius 2 is 2.22 bits per heavy atom. The van der Waals surface area contributed by atoms with Crippen LogP contribution in [0.4, 0.5) is 0 Å². The van der Waals surface area contributed by atoms with Crippen LogP contribution in [0.15, 0.2) is 0 Å². The van der Waals surface area contributed by atoms with Gasteiger partial charge in [-0.15, -0.1) is 0 Å². The minimum Gasteiger partial charge on any atom is -0.378 e. The van der Waals surface area contributed by atoms with E-state index in [-0.39, 0.29) is 24.0 Å². The Bertz CT molecular complexity index is 332. The number of ether oxygens (including phenoxy) is 1. The van der Waals surface area contributed by atoms with Crippen molar-refractivity contribution >= 4 is 5.91 Å². The predicted molar refractivity (Wildman–Crippen MR) is 66.7 cm³/mol. The summed E-state index contributed by atoms with van der Waals surface area (Å²) < 4.78 is 5.42. The molecule has 0 radical (unpaired) electrons. The van der Waals surface area contributed by atoms with Gasteiger partial charge < -0.3 is 10.1 Å². The van der Waals surface area contributed by atoms with E-state index in [1.54, 1.807) is 0 Å². The van der Waals surface area contributed by atoms with Crippen molar-refractivity contribution < 1.29 is 9.53 Å². The average molecular weight is 251 g/mol. The van der Waals surface area contributed by atoms with Gasteiger partial charge >= 0.3 is 0 Å². The standard InChI is InChI=1S/C13H21N3O2/c1-10-8-11(9-18-10)13(17)15-12-2-5-16(6-3-12)7-4-14/h10-12H,2-3,5-9H2,1H3,(H,15,17). The molecule has 5 nitrogen and oxygen atoms in total. The number of piperidine rings is 1. The molecule has 18 heavy (non-hydrogen) atoms. The number of hydrogen-bond donors (Lipinski definition) is 1. The Hall–Kier alpha value is -1.12. The molecule has 2 unspecified atom stereocenters. The summed E-state index contributed by atoms with van der Waals surface area (Å²) in [5.74, 6) is 0.162. The topological polar surface area (TPSA) is 65.4 Å². The molecule has 2 rings (SSSR count). The van der Waals surface area contributed by atoms with Crippen molar-refractivity contribution in [3.8, 4) is 6.07 Å². The first-order valence-corrected chi connectivity index (χ1v) is 6.70. The predicted octanol–water partition coefficient (Wildman–Crippen LogP) is 0.516. The van der Waals surface area contributed by atoms with E-state index in [0.29, 0.717) is 13.2 Å². The number of nitrogens with one attached hydrogen (secondary N) is 1. The normalized spacial score (nSPS) is 30.0. The number of nitrogens with zero attached hydrogens (tertiary/aromatic N) is 2. The highest BCUT2D eigenvalue weighted by Gasteiger charge is 2.30. The number of nitriles is 1. The maximum Gasteiger partial charge on any atom is 0.225 e. The van der Waals surface area contributed by atoms with Crippen LogP contribution in [0.1, 0.15) is 26.2 Å². The van der Waals surface area contributed by atoms with Gasteiger partial charge in [-0.25, -0.2) is 0 Å². The van der Waals surface area contributed by atoms with E-state index < -0.39 is 0 Å². The maximum atomic E-state index is 12.0. The smallest absolute Gasteiger partial charge is 0.225 e. The number of likely N-dealkylation sites (tertiary alicyclic amines) is 1. The van der Waals surface area contributed by atoms with E-state index in [9.17, 15) is 4.79 Å². The van der Waals surface area contributed by atoms with Crippen molar-refractivity contribution in [1.29, 1.82) is 5.26 Å². The monoisotopic (exact) mass is 251 g/mol. The van der Waals surface area contributed by atoms with Crippen molar-refractivity contribution in [3.63, 3.8) is 0 Å². The highest BCUT2D eigenvalue weighted by Crippen LogP contribution is 2.20. The summed E-state index contributed by atoms with van der Waals surface area (Å²) in [6.07, 6.45) is 2.92. The molecular formula is C13H21N3O2. The lowest BCUT2D eigenvalue weighted by Crippen LogP contribution is -2.46. The fourth-order valence-corrected chi connectivity index (χ4v) is 2.65. The van der Waals surface area contributed by atoms with Crippen molar-refractivity contribution in [2.24, 2.45) is 5.92 Å². The van der Waals surface area contributed by atoms with Gasteiger partial charge in [-0.2, -0.15) is 5.26 Å². The first-order valence-electron chi connectivity index (χ1n) is 6.70. The SMILES string of the molecule is CC1CC(C(=O)NC2CCN(CC#N)CC2)CO1. The molecule has 2 aliphatic rings. The van der Waals surface area contributed by atoms with Crippen LogP contribution in [0.3, 0.4) is 0 Å². The number of hydrogen-bond acceptors (Lipinski definition) is 4. The minimum absolute atomic E-state index is 0.0251. The van der Waals surface area contributed by atoms with Gasteiger partial charge in [0, 0.05) is 19.1 Å². The second-order valence-corrected chi connectivity index (χ2v) is 5.29. The molecule has 0 aliphatic carbocycles. The number of amides is 1. The number of carbonyl (C=O) groups excluding carboxylic acids is 1. The molecule has 2 fully saturated rings.